The molecule has 0 radical (unpaired) electrons. The fourth-order valence-electron chi connectivity index (χ4n) is 2.98. The van der Waals surface area contributed by atoms with E-state index in [-0.39, 0.29) is 12.0 Å². The van der Waals surface area contributed by atoms with Crippen molar-refractivity contribution < 1.29 is 14.3 Å². The molecule has 27 heavy (non-hydrogen) atoms. The number of hydrogen-bond donors (Lipinski definition) is 1. The molecule has 1 aromatic carbocycles. The second kappa shape index (κ2) is 6.91. The fourth-order valence-corrected chi connectivity index (χ4v) is 2.98. The van der Waals surface area contributed by atoms with Crippen molar-refractivity contribution in [1.29, 1.82) is 0 Å². The molecule has 3 aromatic heterocycles. The lowest BCUT2D eigenvalue weighted by molar-refractivity contribution is -0.136. The number of carboxylic acids is 1. The molecule has 1 N–H and O–H groups in total. The van der Waals surface area contributed by atoms with E-state index in [1.54, 1.807) is 12.3 Å². The van der Waals surface area contributed by atoms with E-state index in [0.29, 0.717) is 23.8 Å². The fraction of sp³-hybridized carbons (Fsp3) is 0.158. The summed E-state index contributed by atoms with van der Waals surface area (Å²) in [5, 5.41) is 13.4. The Balaban J connectivity index is 1.80. The van der Waals surface area contributed by atoms with Crippen LogP contribution in [0.4, 0.5) is 0 Å². The number of carboxylic acid groups (broad SMARTS) is 1. The summed E-state index contributed by atoms with van der Waals surface area (Å²) in [5.74, 6) is -0.770. The van der Waals surface area contributed by atoms with Crippen LogP contribution in [0.1, 0.15) is 11.1 Å². The number of carbonyl (C=O) groups is 1. The smallest absolute Gasteiger partial charge is 0.308 e. The van der Waals surface area contributed by atoms with E-state index >= 15 is 0 Å². The lowest BCUT2D eigenvalue weighted by atomic mass is 10.1. The molecular weight excluding hydrogens is 348 g/mol. The number of fused-ring (bicyclic) bond motifs is 1. The van der Waals surface area contributed by atoms with Gasteiger partial charge in [-0.3, -0.25) is 9.59 Å². The monoisotopic (exact) mass is 364 g/mol. The van der Waals surface area contributed by atoms with E-state index < -0.39 is 11.5 Å². The van der Waals surface area contributed by atoms with Gasteiger partial charge in [-0.1, -0.05) is 30.3 Å². The predicted octanol–water partition coefficient (Wildman–Crippen LogP) is 2.02. The first-order valence-electron chi connectivity index (χ1n) is 8.39. The van der Waals surface area contributed by atoms with E-state index in [1.165, 1.54) is 17.0 Å². The summed E-state index contributed by atoms with van der Waals surface area (Å²) in [6.07, 6.45) is 4.88. The van der Waals surface area contributed by atoms with Gasteiger partial charge in [0.15, 0.2) is 5.69 Å². The summed E-state index contributed by atoms with van der Waals surface area (Å²) < 4.78 is 8.31. The highest BCUT2D eigenvalue weighted by molar-refractivity contribution is 5.70. The molecule has 0 spiro atoms. The Labute approximate surface area is 153 Å². The minimum Gasteiger partial charge on any atom is -0.481 e. The van der Waals surface area contributed by atoms with Gasteiger partial charge in [0.2, 0.25) is 5.89 Å². The van der Waals surface area contributed by atoms with Gasteiger partial charge in [-0.25, -0.2) is 4.98 Å². The number of nitrogens with zero attached hydrogens (tertiary/aromatic N) is 4. The number of aryl methyl sites for hydroxylation is 2. The molecule has 3 heterocycles. The molecule has 0 saturated carbocycles. The normalized spacial score (nSPS) is 11.1. The Bertz CT molecular complexity index is 1140. The minimum absolute atomic E-state index is 0.171. The average molecular weight is 364 g/mol. The van der Waals surface area contributed by atoms with E-state index in [4.69, 9.17) is 9.52 Å². The third-order valence-electron chi connectivity index (χ3n) is 4.24. The Morgan fingerprint density at radius 2 is 2.04 bits per heavy atom. The van der Waals surface area contributed by atoms with Gasteiger partial charge in [0.25, 0.3) is 5.56 Å². The highest BCUT2D eigenvalue weighted by Gasteiger charge is 2.16. The van der Waals surface area contributed by atoms with Crippen LogP contribution in [0.3, 0.4) is 0 Å². The van der Waals surface area contributed by atoms with Crippen molar-refractivity contribution in [3.8, 4) is 11.6 Å². The van der Waals surface area contributed by atoms with Crippen molar-refractivity contribution in [3.63, 3.8) is 0 Å². The molecular formula is C19H16N4O4. The number of hydrogen-bond acceptors (Lipinski definition) is 5. The maximum absolute atomic E-state index is 12.6. The van der Waals surface area contributed by atoms with Crippen LogP contribution in [-0.4, -0.2) is 30.2 Å². The topological polar surface area (TPSA) is 103 Å². The zero-order valence-electron chi connectivity index (χ0n) is 14.3. The van der Waals surface area contributed by atoms with Crippen LogP contribution >= 0.6 is 0 Å². The number of oxazole rings is 1. The minimum atomic E-state index is -1.07. The number of rotatable bonds is 6. The molecule has 0 atom stereocenters. The molecule has 8 heteroatoms. The Morgan fingerprint density at radius 3 is 2.74 bits per heavy atom. The van der Waals surface area contributed by atoms with Crippen LogP contribution in [-0.2, 0) is 24.2 Å². The molecule has 0 bridgehead atoms. The molecule has 136 valence electrons. The van der Waals surface area contributed by atoms with Gasteiger partial charge in [0.05, 0.1) is 12.6 Å². The Kier molecular flexibility index (Phi) is 4.29. The maximum atomic E-state index is 12.6. The first kappa shape index (κ1) is 16.8. The lowest BCUT2D eigenvalue weighted by Gasteiger charge is -2.11. The highest BCUT2D eigenvalue weighted by Crippen LogP contribution is 2.18. The first-order chi connectivity index (χ1) is 13.1. The zero-order valence-corrected chi connectivity index (χ0v) is 14.3. The van der Waals surface area contributed by atoms with Gasteiger partial charge in [0, 0.05) is 24.4 Å². The largest absolute Gasteiger partial charge is 0.481 e. The summed E-state index contributed by atoms with van der Waals surface area (Å²) in [7, 11) is 0. The summed E-state index contributed by atoms with van der Waals surface area (Å²) >= 11 is 0. The average Bonchev–Trinajstić information content (AvgIpc) is 3.33. The standard InChI is InChI=1S/C19H16N4O4/c24-17(25)10-14-12-22(8-6-13-4-2-1-3-5-13)16-11-15(18-20-7-9-27-18)21-23(16)19(14)26/h1-5,7,9,11-12H,6,8,10H2,(H,24,25). The number of aromatic nitrogens is 4. The lowest BCUT2D eigenvalue weighted by Crippen LogP contribution is -2.25. The Morgan fingerprint density at radius 1 is 1.22 bits per heavy atom. The molecule has 0 aliphatic rings. The summed E-state index contributed by atoms with van der Waals surface area (Å²) in [5.41, 5.74) is 1.82. The SMILES string of the molecule is O=C(O)Cc1cn(CCc2ccccc2)c2cc(-c3ncco3)nn2c1=O. The summed E-state index contributed by atoms with van der Waals surface area (Å²) in [6.45, 7) is 0.567. The highest BCUT2D eigenvalue weighted by atomic mass is 16.4. The third kappa shape index (κ3) is 3.37. The van der Waals surface area contributed by atoms with E-state index in [9.17, 15) is 9.59 Å². The van der Waals surface area contributed by atoms with Gasteiger partial charge >= 0.3 is 5.97 Å². The molecule has 0 fully saturated rings. The van der Waals surface area contributed by atoms with Crippen molar-refractivity contribution in [3.05, 3.63) is 76.5 Å². The zero-order chi connectivity index (χ0) is 18.8. The van der Waals surface area contributed by atoms with E-state index in [2.05, 4.69) is 10.1 Å². The predicted molar refractivity (Wildman–Crippen MR) is 96.4 cm³/mol. The summed E-state index contributed by atoms with van der Waals surface area (Å²) in [4.78, 5) is 27.8. The number of benzene rings is 1. The Hall–Kier alpha value is -3.68. The van der Waals surface area contributed by atoms with Crippen molar-refractivity contribution in [2.75, 3.05) is 0 Å². The van der Waals surface area contributed by atoms with Gasteiger partial charge < -0.3 is 14.1 Å². The van der Waals surface area contributed by atoms with Crippen LogP contribution in [0.5, 0.6) is 0 Å². The number of aliphatic carboxylic acids is 1. The van der Waals surface area contributed by atoms with Gasteiger partial charge in [-0.2, -0.15) is 9.61 Å². The maximum Gasteiger partial charge on any atom is 0.308 e. The van der Waals surface area contributed by atoms with Crippen LogP contribution in [0.15, 0.2) is 64.3 Å². The third-order valence-corrected chi connectivity index (χ3v) is 4.24. The van der Waals surface area contributed by atoms with Crippen molar-refractivity contribution in [2.24, 2.45) is 0 Å². The van der Waals surface area contributed by atoms with E-state index in [1.807, 2.05) is 34.9 Å². The molecule has 0 saturated heterocycles. The molecule has 0 unspecified atom stereocenters. The van der Waals surface area contributed by atoms with Gasteiger partial charge in [-0.05, 0) is 12.0 Å². The molecule has 0 amide bonds. The molecule has 0 aliphatic carbocycles. The van der Waals surface area contributed by atoms with Gasteiger partial charge in [0.1, 0.15) is 11.9 Å². The van der Waals surface area contributed by atoms with Crippen molar-refractivity contribution in [2.45, 2.75) is 19.4 Å². The second-order valence-corrected chi connectivity index (χ2v) is 6.10. The van der Waals surface area contributed by atoms with Gasteiger partial charge in [-0.15, -0.1) is 0 Å². The van der Waals surface area contributed by atoms with Crippen molar-refractivity contribution >= 4 is 11.6 Å². The van der Waals surface area contributed by atoms with Crippen LogP contribution in [0.2, 0.25) is 0 Å². The van der Waals surface area contributed by atoms with E-state index in [0.717, 1.165) is 12.0 Å². The molecule has 8 nitrogen and oxygen atoms in total. The molecule has 4 aromatic rings. The molecule has 4 rings (SSSR count). The van der Waals surface area contributed by atoms with Crippen molar-refractivity contribution in [1.82, 2.24) is 19.2 Å². The van der Waals surface area contributed by atoms with Crippen LogP contribution < -0.4 is 5.56 Å². The van der Waals surface area contributed by atoms with Crippen LogP contribution in [0.25, 0.3) is 17.2 Å². The van der Waals surface area contributed by atoms with Crippen LogP contribution in [0, 0.1) is 0 Å². The first-order valence-corrected chi connectivity index (χ1v) is 8.39. The second-order valence-electron chi connectivity index (χ2n) is 6.10. The summed E-state index contributed by atoms with van der Waals surface area (Å²) in [6, 6.07) is 11.6. The molecule has 0 aliphatic heterocycles. The quantitative estimate of drug-likeness (QED) is 0.561.